The van der Waals surface area contributed by atoms with Crippen molar-refractivity contribution in [3.8, 4) is 0 Å². The van der Waals surface area contributed by atoms with Crippen molar-refractivity contribution < 1.29 is 14.7 Å². The molecule has 0 aromatic heterocycles. The lowest BCUT2D eigenvalue weighted by Crippen LogP contribution is -2.33. The first-order valence-electron chi connectivity index (χ1n) is 9.80. The summed E-state index contributed by atoms with van der Waals surface area (Å²) in [6, 6.07) is 16.3. The van der Waals surface area contributed by atoms with Crippen molar-refractivity contribution in [3.05, 3.63) is 87.6 Å². The highest BCUT2D eigenvalue weighted by Crippen LogP contribution is 2.38. The molecule has 1 N–H and O–H groups in total. The van der Waals surface area contributed by atoms with E-state index in [9.17, 15) is 14.7 Å². The Morgan fingerprint density at radius 3 is 2.43 bits per heavy atom. The van der Waals surface area contributed by atoms with E-state index in [1.165, 1.54) is 6.08 Å². The second-order valence-electron chi connectivity index (χ2n) is 7.48. The van der Waals surface area contributed by atoms with Crippen LogP contribution in [0.4, 0.5) is 0 Å². The van der Waals surface area contributed by atoms with Crippen molar-refractivity contribution in [2.45, 2.75) is 12.5 Å². The standard InChI is InChI=1S/C24H25BrN2O3/c1-26(2)15-6-16-27-22(18-10-12-19(25)13-11-18)21(23(29)24(27)30)20(28)14-9-17-7-4-3-5-8-17/h3-5,7-14,22,29H,6,15-16H2,1-2H3/b14-9+. The molecule has 0 radical (unpaired) electrons. The molecule has 30 heavy (non-hydrogen) atoms. The summed E-state index contributed by atoms with van der Waals surface area (Å²) in [4.78, 5) is 29.5. The quantitative estimate of drug-likeness (QED) is 0.583. The number of carbonyl (C=O) groups excluding carboxylic acids is 2. The molecule has 0 fully saturated rings. The second-order valence-corrected chi connectivity index (χ2v) is 8.40. The first kappa shape index (κ1) is 22.0. The number of ketones is 1. The number of allylic oxidation sites excluding steroid dienone is 1. The molecule has 1 amide bonds. The Morgan fingerprint density at radius 2 is 1.80 bits per heavy atom. The van der Waals surface area contributed by atoms with Crippen molar-refractivity contribution in [2.75, 3.05) is 27.2 Å². The molecule has 0 aliphatic carbocycles. The van der Waals surface area contributed by atoms with E-state index in [2.05, 4.69) is 15.9 Å². The minimum absolute atomic E-state index is 0.124. The van der Waals surface area contributed by atoms with Gasteiger partial charge in [0.25, 0.3) is 5.91 Å². The number of halogens is 1. The Bertz CT molecular complexity index is 966. The van der Waals surface area contributed by atoms with Crippen LogP contribution in [0.1, 0.15) is 23.6 Å². The third kappa shape index (κ3) is 5.07. The Labute approximate surface area is 185 Å². The van der Waals surface area contributed by atoms with E-state index in [-0.39, 0.29) is 11.4 Å². The summed E-state index contributed by atoms with van der Waals surface area (Å²) >= 11 is 3.42. The Hall–Kier alpha value is -2.70. The van der Waals surface area contributed by atoms with Crippen LogP contribution >= 0.6 is 15.9 Å². The molecule has 3 rings (SSSR count). The third-order valence-electron chi connectivity index (χ3n) is 4.99. The molecule has 0 bridgehead atoms. The van der Waals surface area contributed by atoms with Crippen molar-refractivity contribution in [1.29, 1.82) is 0 Å². The van der Waals surface area contributed by atoms with E-state index in [1.54, 1.807) is 11.0 Å². The van der Waals surface area contributed by atoms with Gasteiger partial charge in [-0.15, -0.1) is 0 Å². The minimum atomic E-state index is -0.610. The van der Waals surface area contributed by atoms with Crippen LogP contribution in [0.15, 0.2) is 76.5 Å². The van der Waals surface area contributed by atoms with E-state index >= 15 is 0 Å². The number of carbonyl (C=O) groups is 2. The number of benzene rings is 2. The summed E-state index contributed by atoms with van der Waals surface area (Å²) in [5.41, 5.74) is 1.79. The van der Waals surface area contributed by atoms with Gasteiger partial charge in [-0.2, -0.15) is 0 Å². The molecule has 2 aromatic rings. The number of rotatable bonds is 8. The van der Waals surface area contributed by atoms with Crippen LogP contribution in [0.3, 0.4) is 0 Å². The van der Waals surface area contributed by atoms with E-state index in [0.29, 0.717) is 6.54 Å². The largest absolute Gasteiger partial charge is 0.503 e. The summed E-state index contributed by atoms with van der Waals surface area (Å²) in [6.07, 6.45) is 3.85. The highest BCUT2D eigenvalue weighted by molar-refractivity contribution is 9.10. The number of hydrogen-bond acceptors (Lipinski definition) is 4. The van der Waals surface area contributed by atoms with Crippen LogP contribution in [0, 0.1) is 0 Å². The van der Waals surface area contributed by atoms with Crippen LogP contribution in [0.5, 0.6) is 0 Å². The first-order chi connectivity index (χ1) is 14.4. The zero-order valence-corrected chi connectivity index (χ0v) is 18.7. The maximum Gasteiger partial charge on any atom is 0.290 e. The van der Waals surface area contributed by atoms with Gasteiger partial charge in [0.1, 0.15) is 0 Å². The van der Waals surface area contributed by atoms with Gasteiger partial charge in [0.05, 0.1) is 11.6 Å². The minimum Gasteiger partial charge on any atom is -0.503 e. The fourth-order valence-electron chi connectivity index (χ4n) is 3.51. The predicted octanol–water partition coefficient (Wildman–Crippen LogP) is 4.38. The van der Waals surface area contributed by atoms with Crippen molar-refractivity contribution in [2.24, 2.45) is 0 Å². The summed E-state index contributed by atoms with van der Waals surface area (Å²) in [6.45, 7) is 1.25. The van der Waals surface area contributed by atoms with Gasteiger partial charge >= 0.3 is 0 Å². The van der Waals surface area contributed by atoms with Crippen molar-refractivity contribution >= 4 is 33.7 Å². The fraction of sp³-hybridized carbons (Fsp3) is 0.250. The molecule has 1 unspecified atom stereocenters. The van der Waals surface area contributed by atoms with Gasteiger partial charge < -0.3 is 14.9 Å². The normalized spacial score (nSPS) is 16.9. The van der Waals surface area contributed by atoms with Crippen LogP contribution in [-0.2, 0) is 9.59 Å². The maximum atomic E-state index is 13.1. The second kappa shape index (κ2) is 9.87. The topological polar surface area (TPSA) is 60.9 Å². The Balaban J connectivity index is 1.93. The highest BCUT2D eigenvalue weighted by atomic mass is 79.9. The average molecular weight is 469 g/mol. The molecule has 1 heterocycles. The third-order valence-corrected chi connectivity index (χ3v) is 5.51. The smallest absolute Gasteiger partial charge is 0.290 e. The maximum absolute atomic E-state index is 13.1. The number of nitrogens with zero attached hydrogens (tertiary/aromatic N) is 2. The van der Waals surface area contributed by atoms with Gasteiger partial charge in [-0.05, 0) is 56.4 Å². The molecule has 0 spiro atoms. The van der Waals surface area contributed by atoms with Crippen molar-refractivity contribution in [1.82, 2.24) is 9.80 Å². The zero-order valence-electron chi connectivity index (χ0n) is 17.1. The molecule has 1 aliphatic rings. The molecule has 0 saturated carbocycles. The summed E-state index contributed by atoms with van der Waals surface area (Å²) < 4.78 is 0.903. The highest BCUT2D eigenvalue weighted by Gasteiger charge is 2.42. The van der Waals surface area contributed by atoms with Gasteiger partial charge in [0.2, 0.25) is 0 Å². The van der Waals surface area contributed by atoms with E-state index in [1.807, 2.05) is 73.6 Å². The van der Waals surface area contributed by atoms with Crippen LogP contribution < -0.4 is 0 Å². The fourth-order valence-corrected chi connectivity index (χ4v) is 3.78. The van der Waals surface area contributed by atoms with E-state index < -0.39 is 17.7 Å². The molecule has 6 heteroatoms. The number of aliphatic hydroxyl groups is 1. The Kier molecular flexibility index (Phi) is 7.24. The Morgan fingerprint density at radius 1 is 1.13 bits per heavy atom. The molecular formula is C24H25BrN2O3. The number of aliphatic hydroxyl groups excluding tert-OH is 1. The lowest BCUT2D eigenvalue weighted by Gasteiger charge is -2.27. The molecule has 5 nitrogen and oxygen atoms in total. The summed E-state index contributed by atoms with van der Waals surface area (Å²) in [5.74, 6) is -1.33. The van der Waals surface area contributed by atoms with E-state index in [0.717, 1.165) is 28.6 Å². The molecule has 1 atom stereocenters. The van der Waals surface area contributed by atoms with E-state index in [4.69, 9.17) is 0 Å². The SMILES string of the molecule is CN(C)CCCN1C(=O)C(O)=C(C(=O)/C=C/c2ccccc2)C1c1ccc(Br)cc1. The van der Waals surface area contributed by atoms with Gasteiger partial charge in [-0.25, -0.2) is 0 Å². The van der Waals surface area contributed by atoms with Crippen LogP contribution in [0.2, 0.25) is 0 Å². The van der Waals surface area contributed by atoms with Crippen LogP contribution in [-0.4, -0.2) is 53.8 Å². The summed E-state index contributed by atoms with van der Waals surface area (Å²) in [7, 11) is 3.94. The number of amides is 1. The first-order valence-corrected chi connectivity index (χ1v) is 10.6. The average Bonchev–Trinajstić information content (AvgIpc) is 2.98. The van der Waals surface area contributed by atoms with Gasteiger partial charge in [0, 0.05) is 11.0 Å². The summed E-state index contributed by atoms with van der Waals surface area (Å²) in [5, 5.41) is 10.6. The molecule has 156 valence electrons. The van der Waals surface area contributed by atoms with Gasteiger partial charge in [-0.3, -0.25) is 9.59 Å². The zero-order chi connectivity index (χ0) is 21.7. The van der Waals surface area contributed by atoms with Crippen LogP contribution in [0.25, 0.3) is 6.08 Å². The molecule has 1 aliphatic heterocycles. The van der Waals surface area contributed by atoms with Crippen molar-refractivity contribution in [3.63, 3.8) is 0 Å². The molecule has 2 aromatic carbocycles. The number of hydrogen-bond donors (Lipinski definition) is 1. The lowest BCUT2D eigenvalue weighted by atomic mass is 9.95. The lowest BCUT2D eigenvalue weighted by molar-refractivity contribution is -0.129. The predicted molar refractivity (Wildman–Crippen MR) is 122 cm³/mol. The molecular weight excluding hydrogens is 444 g/mol. The van der Waals surface area contributed by atoms with Gasteiger partial charge in [-0.1, -0.05) is 64.5 Å². The molecule has 0 saturated heterocycles. The monoisotopic (exact) mass is 468 g/mol. The van der Waals surface area contributed by atoms with Gasteiger partial charge in [0.15, 0.2) is 11.5 Å².